The summed E-state index contributed by atoms with van der Waals surface area (Å²) in [7, 11) is 0. The van der Waals surface area contributed by atoms with E-state index in [2.05, 4.69) is 4.98 Å². The molecule has 98 valence electrons. The van der Waals surface area contributed by atoms with Crippen molar-refractivity contribution in [2.24, 2.45) is 5.73 Å². The molecular weight excluding hydrogens is 243 g/mol. The molecule has 0 bridgehead atoms. The first-order valence-corrected chi connectivity index (χ1v) is 5.67. The third-order valence-electron chi connectivity index (χ3n) is 2.95. The van der Waals surface area contributed by atoms with Gasteiger partial charge in [-0.25, -0.2) is 0 Å². The van der Waals surface area contributed by atoms with Crippen LogP contribution in [0.5, 0.6) is 0 Å². The van der Waals surface area contributed by atoms with Crippen LogP contribution in [0.1, 0.15) is 12.1 Å². The Labute approximate surface area is 103 Å². The van der Waals surface area contributed by atoms with Gasteiger partial charge in [0.15, 0.2) is 0 Å². The Kier molecular flexibility index (Phi) is 3.56. The molecule has 6 heteroatoms. The van der Waals surface area contributed by atoms with Gasteiger partial charge >= 0.3 is 6.18 Å². The molecule has 0 unspecified atom stereocenters. The van der Waals surface area contributed by atoms with Gasteiger partial charge in [-0.1, -0.05) is 6.08 Å². The van der Waals surface area contributed by atoms with Gasteiger partial charge in [0.05, 0.1) is 5.69 Å². The number of alkyl halides is 3. The second-order valence-corrected chi connectivity index (χ2v) is 4.13. The quantitative estimate of drug-likeness (QED) is 0.826. The Morgan fingerprint density at radius 1 is 1.39 bits per heavy atom. The fourth-order valence-electron chi connectivity index (χ4n) is 1.93. The van der Waals surface area contributed by atoms with Gasteiger partial charge in [0.1, 0.15) is 0 Å². The van der Waals surface area contributed by atoms with E-state index >= 15 is 0 Å². The third-order valence-corrected chi connectivity index (χ3v) is 2.95. The van der Waals surface area contributed by atoms with Crippen LogP contribution in [0.2, 0.25) is 0 Å². The normalized spacial score (nSPS) is 16.7. The molecule has 0 radical (unpaired) electrons. The first kappa shape index (κ1) is 12.9. The number of halogens is 3. The molecule has 1 aromatic heterocycles. The highest BCUT2D eigenvalue weighted by molar-refractivity contribution is 5.48. The largest absolute Gasteiger partial charge is 0.412 e. The lowest BCUT2D eigenvalue weighted by molar-refractivity contribution is -0.0943. The predicted octanol–water partition coefficient (Wildman–Crippen LogP) is 2.24. The van der Waals surface area contributed by atoms with Gasteiger partial charge < -0.3 is 10.6 Å². The molecule has 18 heavy (non-hydrogen) atoms. The lowest BCUT2D eigenvalue weighted by atomic mass is 10.1. The monoisotopic (exact) mass is 257 g/mol. The van der Waals surface area contributed by atoms with E-state index in [4.69, 9.17) is 5.73 Å². The number of rotatable bonds is 2. The fraction of sp³-hybridized carbons (Fsp3) is 0.417. The van der Waals surface area contributed by atoms with Gasteiger partial charge in [0.25, 0.3) is 0 Å². The number of nitrogens with zero attached hydrogens (tertiary/aromatic N) is 2. The highest BCUT2D eigenvalue weighted by Gasteiger charge is 2.34. The van der Waals surface area contributed by atoms with E-state index in [1.807, 2.05) is 11.0 Å². The third kappa shape index (κ3) is 2.81. The van der Waals surface area contributed by atoms with Crippen LogP contribution in [0.25, 0.3) is 0 Å². The van der Waals surface area contributed by atoms with Gasteiger partial charge in [-0.05, 0) is 18.6 Å². The van der Waals surface area contributed by atoms with Crippen LogP contribution in [-0.4, -0.2) is 24.2 Å². The zero-order valence-electron chi connectivity index (χ0n) is 9.74. The zero-order valence-corrected chi connectivity index (χ0v) is 9.74. The smallest absolute Gasteiger partial charge is 0.367 e. The Morgan fingerprint density at radius 3 is 2.72 bits per heavy atom. The predicted molar refractivity (Wildman–Crippen MR) is 63.1 cm³/mol. The SMILES string of the molecule is NCc1cc(N2CC=C(C(F)(F)F)CC2)ccn1. The summed E-state index contributed by atoms with van der Waals surface area (Å²) in [5.74, 6) is 0. The minimum atomic E-state index is -4.20. The maximum absolute atomic E-state index is 12.5. The van der Waals surface area contributed by atoms with Crippen LogP contribution in [0.4, 0.5) is 18.9 Å². The van der Waals surface area contributed by atoms with Crippen LogP contribution in [0.3, 0.4) is 0 Å². The molecular formula is C12H14F3N3. The van der Waals surface area contributed by atoms with Gasteiger partial charge in [-0.2, -0.15) is 13.2 Å². The molecule has 0 aliphatic carbocycles. The van der Waals surface area contributed by atoms with E-state index in [0.717, 1.165) is 11.4 Å². The molecule has 1 aromatic rings. The standard InChI is InChI=1S/C12H14F3N3/c13-12(14,15)9-2-5-18(6-3-9)11-1-4-17-10(7-11)8-16/h1-2,4,7H,3,5-6,8,16H2. The van der Waals surface area contributed by atoms with Crippen LogP contribution >= 0.6 is 0 Å². The van der Waals surface area contributed by atoms with Crippen molar-refractivity contribution in [3.05, 3.63) is 35.7 Å². The summed E-state index contributed by atoms with van der Waals surface area (Å²) in [5.41, 5.74) is 6.65. The topological polar surface area (TPSA) is 42.1 Å². The van der Waals surface area contributed by atoms with E-state index in [0.29, 0.717) is 13.1 Å². The Balaban J connectivity index is 2.11. The van der Waals surface area contributed by atoms with Crippen LogP contribution in [0.15, 0.2) is 30.0 Å². The average Bonchev–Trinajstić information content (AvgIpc) is 2.38. The molecule has 0 saturated heterocycles. The van der Waals surface area contributed by atoms with E-state index in [-0.39, 0.29) is 13.0 Å². The number of hydrogen-bond acceptors (Lipinski definition) is 3. The lowest BCUT2D eigenvalue weighted by Crippen LogP contribution is -2.31. The number of hydrogen-bond donors (Lipinski definition) is 1. The van der Waals surface area contributed by atoms with Crippen molar-refractivity contribution in [1.29, 1.82) is 0 Å². The van der Waals surface area contributed by atoms with Crippen molar-refractivity contribution >= 4 is 5.69 Å². The molecule has 1 aliphatic heterocycles. The molecule has 2 N–H and O–H groups in total. The zero-order chi connectivity index (χ0) is 13.2. The summed E-state index contributed by atoms with van der Waals surface area (Å²) in [4.78, 5) is 5.94. The van der Waals surface area contributed by atoms with E-state index in [1.54, 1.807) is 12.3 Å². The summed E-state index contributed by atoms with van der Waals surface area (Å²) >= 11 is 0. The minimum Gasteiger partial charge on any atom is -0.367 e. The van der Waals surface area contributed by atoms with Crippen molar-refractivity contribution in [3.8, 4) is 0 Å². The van der Waals surface area contributed by atoms with E-state index < -0.39 is 11.7 Å². The highest BCUT2D eigenvalue weighted by atomic mass is 19.4. The van der Waals surface area contributed by atoms with Gasteiger partial charge in [-0.3, -0.25) is 4.98 Å². The van der Waals surface area contributed by atoms with Crippen LogP contribution < -0.4 is 10.6 Å². The maximum Gasteiger partial charge on any atom is 0.412 e. The van der Waals surface area contributed by atoms with E-state index in [9.17, 15) is 13.2 Å². The lowest BCUT2D eigenvalue weighted by Gasteiger charge is -2.29. The van der Waals surface area contributed by atoms with Crippen molar-refractivity contribution in [2.75, 3.05) is 18.0 Å². The summed E-state index contributed by atoms with van der Waals surface area (Å²) in [6, 6.07) is 3.60. The number of aromatic nitrogens is 1. The second kappa shape index (κ2) is 4.97. The summed E-state index contributed by atoms with van der Waals surface area (Å²) < 4.78 is 37.4. The highest BCUT2D eigenvalue weighted by Crippen LogP contribution is 2.31. The first-order valence-electron chi connectivity index (χ1n) is 5.67. The van der Waals surface area contributed by atoms with Gasteiger partial charge in [0, 0.05) is 37.1 Å². The number of anilines is 1. The molecule has 0 spiro atoms. The Hall–Kier alpha value is -1.56. The molecule has 1 aliphatic rings. The minimum absolute atomic E-state index is 0.0176. The molecule has 0 saturated carbocycles. The molecule has 0 amide bonds. The van der Waals surface area contributed by atoms with Crippen LogP contribution in [0, 0.1) is 0 Å². The number of pyridine rings is 1. The molecule has 0 aromatic carbocycles. The summed E-state index contributed by atoms with van der Waals surface area (Å²) in [5, 5.41) is 0. The Bertz CT molecular complexity index is 454. The van der Waals surface area contributed by atoms with Gasteiger partial charge in [-0.15, -0.1) is 0 Å². The first-order chi connectivity index (χ1) is 8.50. The van der Waals surface area contributed by atoms with Gasteiger partial charge in [0.2, 0.25) is 0 Å². The number of nitrogens with two attached hydrogens (primary N) is 1. The fourth-order valence-corrected chi connectivity index (χ4v) is 1.93. The van der Waals surface area contributed by atoms with Crippen molar-refractivity contribution < 1.29 is 13.2 Å². The molecule has 3 nitrogen and oxygen atoms in total. The van der Waals surface area contributed by atoms with Crippen molar-refractivity contribution in [1.82, 2.24) is 4.98 Å². The molecule has 2 heterocycles. The van der Waals surface area contributed by atoms with E-state index in [1.165, 1.54) is 6.08 Å². The van der Waals surface area contributed by atoms with Crippen molar-refractivity contribution in [2.45, 2.75) is 19.1 Å². The molecule has 0 fully saturated rings. The second-order valence-electron chi connectivity index (χ2n) is 4.13. The maximum atomic E-state index is 12.5. The molecule has 0 atom stereocenters. The average molecular weight is 257 g/mol. The summed E-state index contributed by atoms with van der Waals surface area (Å²) in [6.07, 6.45) is -1.32. The molecule has 2 rings (SSSR count). The Morgan fingerprint density at radius 2 is 2.17 bits per heavy atom. The van der Waals surface area contributed by atoms with Crippen molar-refractivity contribution in [3.63, 3.8) is 0 Å². The summed E-state index contributed by atoms with van der Waals surface area (Å²) in [6.45, 7) is 0.952. The van der Waals surface area contributed by atoms with Crippen LogP contribution in [-0.2, 0) is 6.54 Å².